The molecular weight excluding hydrogens is 154 g/mol. The minimum atomic E-state index is -0.00435. The van der Waals surface area contributed by atoms with Crippen LogP contribution < -0.4 is 5.32 Å². The van der Waals surface area contributed by atoms with Gasteiger partial charge in [0.15, 0.2) is 0 Å². The number of amides is 1. The zero-order valence-corrected chi connectivity index (χ0v) is 7.02. The monoisotopic (exact) mass is 165 g/mol. The fourth-order valence-corrected chi connectivity index (χ4v) is 1.43. The van der Waals surface area contributed by atoms with Crippen molar-refractivity contribution >= 4 is 5.91 Å². The first-order valence-electron chi connectivity index (χ1n) is 4.08. The lowest BCUT2D eigenvalue weighted by Gasteiger charge is -2.23. The highest BCUT2D eigenvalue weighted by Crippen LogP contribution is 2.22. The van der Waals surface area contributed by atoms with Gasteiger partial charge in [0.05, 0.1) is 5.57 Å². The predicted molar refractivity (Wildman–Crippen MR) is 44.4 cm³/mol. The maximum Gasteiger partial charge on any atom is 0.254 e. The highest BCUT2D eigenvalue weighted by molar-refractivity contribution is 5.97. The van der Waals surface area contributed by atoms with E-state index in [4.69, 9.17) is 4.74 Å². The lowest BCUT2D eigenvalue weighted by molar-refractivity contribution is -0.118. The maximum atomic E-state index is 11.3. The van der Waals surface area contributed by atoms with Crippen LogP contribution in [0.3, 0.4) is 0 Å². The van der Waals surface area contributed by atoms with E-state index >= 15 is 0 Å². The van der Waals surface area contributed by atoms with Gasteiger partial charge in [-0.15, -0.1) is 0 Å². The number of carbonyl (C=O) groups is 1. The highest BCUT2D eigenvalue weighted by Gasteiger charge is 2.22. The second-order valence-corrected chi connectivity index (χ2v) is 3.12. The van der Waals surface area contributed by atoms with Crippen molar-refractivity contribution in [2.24, 2.45) is 0 Å². The molecule has 2 heterocycles. The van der Waals surface area contributed by atoms with E-state index in [1.54, 1.807) is 0 Å². The van der Waals surface area contributed by atoms with Gasteiger partial charge in [0.25, 0.3) is 5.91 Å². The van der Waals surface area contributed by atoms with Crippen molar-refractivity contribution in [3.05, 3.63) is 23.0 Å². The van der Waals surface area contributed by atoms with Crippen LogP contribution in [0.1, 0.15) is 13.3 Å². The minimum absolute atomic E-state index is 0.00435. The molecule has 64 valence electrons. The standard InChI is InChI=1S/C9H11NO2/c1-6-4-7-8(12-5-6)2-3-10-9(7)11/h4H,2-3,5H2,1H3,(H,10,11). The van der Waals surface area contributed by atoms with Gasteiger partial charge >= 0.3 is 0 Å². The molecule has 2 aliphatic rings. The molecule has 0 spiro atoms. The summed E-state index contributed by atoms with van der Waals surface area (Å²) < 4.78 is 5.42. The zero-order chi connectivity index (χ0) is 8.55. The van der Waals surface area contributed by atoms with Crippen molar-refractivity contribution in [3.63, 3.8) is 0 Å². The van der Waals surface area contributed by atoms with E-state index in [-0.39, 0.29) is 5.91 Å². The largest absolute Gasteiger partial charge is 0.493 e. The van der Waals surface area contributed by atoms with Crippen LogP contribution in [0.4, 0.5) is 0 Å². The quantitative estimate of drug-likeness (QED) is 0.575. The molecule has 0 aliphatic carbocycles. The third kappa shape index (κ3) is 1.11. The van der Waals surface area contributed by atoms with Crippen molar-refractivity contribution in [2.75, 3.05) is 13.2 Å². The number of ether oxygens (including phenoxy) is 1. The highest BCUT2D eigenvalue weighted by atomic mass is 16.5. The summed E-state index contributed by atoms with van der Waals surface area (Å²) in [7, 11) is 0. The molecule has 0 aromatic rings. The Kier molecular flexibility index (Phi) is 1.64. The number of carbonyl (C=O) groups excluding carboxylic acids is 1. The van der Waals surface area contributed by atoms with Gasteiger partial charge in [-0.05, 0) is 18.6 Å². The lowest BCUT2D eigenvalue weighted by Crippen LogP contribution is -2.33. The van der Waals surface area contributed by atoms with Crippen LogP contribution >= 0.6 is 0 Å². The molecule has 0 fully saturated rings. The molecule has 0 unspecified atom stereocenters. The van der Waals surface area contributed by atoms with Gasteiger partial charge in [0.2, 0.25) is 0 Å². The SMILES string of the molecule is CC1=CC2=C(CCNC2=O)OC1. The Labute approximate surface area is 71.1 Å². The lowest BCUT2D eigenvalue weighted by atomic mass is 10.0. The Morgan fingerprint density at radius 3 is 3.25 bits per heavy atom. The molecule has 0 aromatic heterocycles. The first kappa shape index (κ1) is 7.40. The molecule has 3 nitrogen and oxygen atoms in total. The molecule has 0 atom stereocenters. The molecule has 12 heavy (non-hydrogen) atoms. The summed E-state index contributed by atoms with van der Waals surface area (Å²) >= 11 is 0. The Hall–Kier alpha value is -1.25. The van der Waals surface area contributed by atoms with Crippen LogP contribution in [0.2, 0.25) is 0 Å². The zero-order valence-electron chi connectivity index (χ0n) is 7.02. The van der Waals surface area contributed by atoms with Crippen molar-refractivity contribution in [1.82, 2.24) is 5.32 Å². The summed E-state index contributed by atoms with van der Waals surface area (Å²) in [6, 6.07) is 0. The summed E-state index contributed by atoms with van der Waals surface area (Å²) in [6.45, 7) is 3.29. The molecule has 0 saturated heterocycles. The van der Waals surface area contributed by atoms with Gasteiger partial charge in [-0.2, -0.15) is 0 Å². The predicted octanol–water partition coefficient (Wildman–Crippen LogP) is 0.737. The molecule has 0 aromatic carbocycles. The van der Waals surface area contributed by atoms with Gasteiger partial charge in [0, 0.05) is 13.0 Å². The smallest absolute Gasteiger partial charge is 0.254 e. The topological polar surface area (TPSA) is 38.3 Å². The van der Waals surface area contributed by atoms with Gasteiger partial charge in [0.1, 0.15) is 12.4 Å². The Morgan fingerprint density at radius 2 is 2.42 bits per heavy atom. The summed E-state index contributed by atoms with van der Waals surface area (Å²) in [6.07, 6.45) is 2.73. The summed E-state index contributed by atoms with van der Waals surface area (Å²) in [5, 5.41) is 2.78. The number of rotatable bonds is 0. The molecule has 2 rings (SSSR count). The summed E-state index contributed by atoms with van der Waals surface area (Å²) in [4.78, 5) is 11.3. The normalized spacial score (nSPS) is 22.4. The van der Waals surface area contributed by atoms with Crippen LogP contribution in [0.15, 0.2) is 23.0 Å². The molecule has 0 radical (unpaired) electrons. The number of nitrogens with one attached hydrogen (secondary N) is 1. The first-order chi connectivity index (χ1) is 5.77. The Balaban J connectivity index is 2.37. The summed E-state index contributed by atoms with van der Waals surface area (Å²) in [5.41, 5.74) is 1.82. The molecule has 1 N–H and O–H groups in total. The van der Waals surface area contributed by atoms with E-state index in [2.05, 4.69) is 5.32 Å². The van der Waals surface area contributed by atoms with Crippen LogP contribution in [-0.2, 0) is 9.53 Å². The fraction of sp³-hybridized carbons (Fsp3) is 0.444. The van der Waals surface area contributed by atoms with Crippen molar-refractivity contribution in [1.29, 1.82) is 0 Å². The number of hydrogen-bond donors (Lipinski definition) is 1. The molecular formula is C9H11NO2. The molecule has 0 bridgehead atoms. The van der Waals surface area contributed by atoms with E-state index in [0.29, 0.717) is 18.7 Å². The van der Waals surface area contributed by atoms with Crippen molar-refractivity contribution in [2.45, 2.75) is 13.3 Å². The van der Waals surface area contributed by atoms with Gasteiger partial charge < -0.3 is 10.1 Å². The maximum absolute atomic E-state index is 11.3. The Morgan fingerprint density at radius 1 is 1.58 bits per heavy atom. The van der Waals surface area contributed by atoms with Gasteiger partial charge in [-0.3, -0.25) is 4.79 Å². The van der Waals surface area contributed by atoms with Crippen LogP contribution in [0.5, 0.6) is 0 Å². The average molecular weight is 165 g/mol. The molecule has 2 aliphatic heterocycles. The van der Waals surface area contributed by atoms with E-state index in [0.717, 1.165) is 17.8 Å². The number of hydrogen-bond acceptors (Lipinski definition) is 2. The summed E-state index contributed by atoms with van der Waals surface area (Å²) in [5.74, 6) is 0.847. The third-order valence-electron chi connectivity index (χ3n) is 2.05. The van der Waals surface area contributed by atoms with E-state index in [9.17, 15) is 4.79 Å². The van der Waals surface area contributed by atoms with Crippen LogP contribution in [0.25, 0.3) is 0 Å². The molecule has 3 heteroatoms. The molecule has 0 saturated carbocycles. The Bertz CT molecular complexity index is 289. The van der Waals surface area contributed by atoms with Gasteiger partial charge in [-0.1, -0.05) is 0 Å². The van der Waals surface area contributed by atoms with Crippen molar-refractivity contribution < 1.29 is 9.53 Å². The van der Waals surface area contributed by atoms with Crippen LogP contribution in [-0.4, -0.2) is 19.1 Å². The fourth-order valence-electron chi connectivity index (χ4n) is 1.43. The van der Waals surface area contributed by atoms with Crippen LogP contribution in [0, 0.1) is 0 Å². The van der Waals surface area contributed by atoms with E-state index in [1.165, 1.54) is 0 Å². The second-order valence-electron chi connectivity index (χ2n) is 3.12. The second kappa shape index (κ2) is 2.66. The minimum Gasteiger partial charge on any atom is -0.493 e. The first-order valence-corrected chi connectivity index (χ1v) is 4.08. The van der Waals surface area contributed by atoms with E-state index < -0.39 is 0 Å². The third-order valence-corrected chi connectivity index (χ3v) is 2.05. The van der Waals surface area contributed by atoms with E-state index in [1.807, 2.05) is 13.0 Å². The molecule has 1 amide bonds. The van der Waals surface area contributed by atoms with Gasteiger partial charge in [-0.25, -0.2) is 0 Å². The average Bonchev–Trinajstić information content (AvgIpc) is 2.07. The van der Waals surface area contributed by atoms with Crippen molar-refractivity contribution in [3.8, 4) is 0 Å².